The van der Waals surface area contributed by atoms with Crippen LogP contribution in [0.3, 0.4) is 0 Å². The predicted octanol–water partition coefficient (Wildman–Crippen LogP) is 2.33. The van der Waals surface area contributed by atoms with E-state index in [9.17, 15) is 18.0 Å². The Morgan fingerprint density at radius 3 is 2.66 bits per heavy atom. The van der Waals surface area contributed by atoms with Gasteiger partial charge in [0, 0.05) is 25.2 Å². The third-order valence-electron chi connectivity index (χ3n) is 5.75. The number of amides is 1. The lowest BCUT2D eigenvalue weighted by atomic mass is 9.88. The maximum atomic E-state index is 12.9. The lowest BCUT2D eigenvalue weighted by Crippen LogP contribution is -2.63. The zero-order chi connectivity index (χ0) is 20.6. The molecule has 0 atom stereocenters. The third-order valence-corrected chi connectivity index (χ3v) is 5.75. The van der Waals surface area contributed by atoms with Crippen LogP contribution in [0.1, 0.15) is 31.2 Å². The molecule has 0 spiro atoms. The Labute approximate surface area is 165 Å². The summed E-state index contributed by atoms with van der Waals surface area (Å²) in [4.78, 5) is 14.6. The van der Waals surface area contributed by atoms with Gasteiger partial charge in [-0.1, -0.05) is 5.16 Å². The summed E-state index contributed by atoms with van der Waals surface area (Å²) < 4.78 is 43.7. The number of nitrogens with two attached hydrogens (primary N) is 1. The van der Waals surface area contributed by atoms with Crippen molar-refractivity contribution < 1.29 is 22.5 Å². The minimum atomic E-state index is -4.46. The smallest absolute Gasteiger partial charge is 0.358 e. The van der Waals surface area contributed by atoms with Crippen LogP contribution in [0.4, 0.5) is 19.0 Å². The molecule has 4 N–H and O–H groups in total. The van der Waals surface area contributed by atoms with Gasteiger partial charge in [-0.2, -0.15) is 13.2 Å². The Morgan fingerprint density at radius 1 is 1.24 bits per heavy atom. The fraction of sp³-hybridized carbons (Fsp3) is 0.579. The normalized spacial score (nSPS) is 23.7. The summed E-state index contributed by atoms with van der Waals surface area (Å²) in [6.45, 7) is 1.54. The fourth-order valence-corrected chi connectivity index (χ4v) is 4.05. The molecule has 10 heteroatoms. The average Bonchev–Trinajstić information content (AvgIpc) is 3.05. The predicted molar refractivity (Wildman–Crippen MR) is 101 cm³/mol. The van der Waals surface area contributed by atoms with E-state index in [-0.39, 0.29) is 35.3 Å². The topological polar surface area (TPSA) is 96.4 Å². The highest BCUT2D eigenvalue weighted by Gasteiger charge is 2.35. The van der Waals surface area contributed by atoms with Crippen LogP contribution in [0, 0.1) is 0 Å². The summed E-state index contributed by atoms with van der Waals surface area (Å²) in [6.07, 6.45) is -0.168. The van der Waals surface area contributed by atoms with Crippen molar-refractivity contribution in [3.63, 3.8) is 0 Å². The average molecular weight is 411 g/mol. The van der Waals surface area contributed by atoms with E-state index < -0.39 is 11.7 Å². The summed E-state index contributed by atoms with van der Waals surface area (Å²) in [5.41, 5.74) is 5.37. The molecule has 1 saturated heterocycles. The van der Waals surface area contributed by atoms with Gasteiger partial charge in [0.1, 0.15) is 0 Å². The van der Waals surface area contributed by atoms with Crippen LogP contribution in [0.2, 0.25) is 0 Å². The first-order valence-corrected chi connectivity index (χ1v) is 9.79. The number of aromatic nitrogens is 1. The molecule has 0 bridgehead atoms. The number of alkyl halides is 3. The number of hydrogen-bond donors (Lipinski definition) is 3. The highest BCUT2D eigenvalue weighted by molar-refractivity contribution is 5.90. The zero-order valence-electron chi connectivity index (χ0n) is 15.8. The van der Waals surface area contributed by atoms with Crippen LogP contribution < -0.4 is 16.4 Å². The molecule has 1 saturated carbocycles. The molecular weight excluding hydrogens is 387 g/mol. The molecule has 1 aromatic heterocycles. The quantitative estimate of drug-likeness (QED) is 0.699. The minimum absolute atomic E-state index is 0.0887. The second-order valence-corrected chi connectivity index (χ2v) is 7.88. The van der Waals surface area contributed by atoms with E-state index in [1.165, 1.54) is 6.07 Å². The molecule has 1 aromatic carbocycles. The number of anilines is 1. The van der Waals surface area contributed by atoms with Gasteiger partial charge in [-0.05, 0) is 43.9 Å². The molecule has 1 aliphatic carbocycles. The zero-order valence-corrected chi connectivity index (χ0v) is 15.8. The van der Waals surface area contributed by atoms with Crippen molar-refractivity contribution in [3.8, 4) is 0 Å². The Hall–Kier alpha value is -2.33. The molecule has 2 aliphatic rings. The molecule has 29 heavy (non-hydrogen) atoms. The second kappa shape index (κ2) is 7.83. The Bertz CT molecular complexity index is 870. The molecule has 2 fully saturated rings. The number of nitrogens with one attached hydrogen (secondary N) is 2. The molecular formula is C19H24F3N5O2. The Balaban J connectivity index is 1.26. The van der Waals surface area contributed by atoms with E-state index in [2.05, 4.69) is 20.7 Å². The highest BCUT2D eigenvalue weighted by Crippen LogP contribution is 2.33. The molecule has 1 aliphatic heterocycles. The van der Waals surface area contributed by atoms with Crippen molar-refractivity contribution in [2.45, 2.75) is 50.0 Å². The Morgan fingerprint density at radius 2 is 1.97 bits per heavy atom. The number of carbonyl (C=O) groups excluding carboxylic acids is 1. The van der Waals surface area contributed by atoms with E-state index in [1.807, 2.05) is 0 Å². The van der Waals surface area contributed by atoms with E-state index in [1.54, 1.807) is 0 Å². The van der Waals surface area contributed by atoms with E-state index in [4.69, 9.17) is 10.3 Å². The monoisotopic (exact) mass is 411 g/mol. The van der Waals surface area contributed by atoms with Gasteiger partial charge in [0.25, 0.3) is 0 Å². The lowest BCUT2D eigenvalue weighted by molar-refractivity contribution is -0.137. The van der Waals surface area contributed by atoms with Gasteiger partial charge in [-0.3, -0.25) is 9.69 Å². The summed E-state index contributed by atoms with van der Waals surface area (Å²) in [5, 5.41) is 9.63. The van der Waals surface area contributed by atoms with Crippen molar-refractivity contribution in [1.29, 1.82) is 0 Å². The van der Waals surface area contributed by atoms with Crippen molar-refractivity contribution in [2.75, 3.05) is 25.0 Å². The van der Waals surface area contributed by atoms with Gasteiger partial charge < -0.3 is 20.9 Å². The van der Waals surface area contributed by atoms with Crippen LogP contribution in [0.15, 0.2) is 22.7 Å². The van der Waals surface area contributed by atoms with Gasteiger partial charge in [-0.15, -0.1) is 0 Å². The van der Waals surface area contributed by atoms with Gasteiger partial charge in [-0.25, -0.2) is 0 Å². The number of nitrogens with zero attached hydrogens (tertiary/aromatic N) is 2. The maximum absolute atomic E-state index is 12.9. The molecule has 1 amide bonds. The van der Waals surface area contributed by atoms with Crippen molar-refractivity contribution in [2.24, 2.45) is 5.73 Å². The van der Waals surface area contributed by atoms with Crippen molar-refractivity contribution in [3.05, 3.63) is 23.8 Å². The molecule has 7 nitrogen and oxygen atoms in total. The van der Waals surface area contributed by atoms with Crippen LogP contribution in [-0.2, 0) is 11.0 Å². The fourth-order valence-electron chi connectivity index (χ4n) is 4.05. The first-order chi connectivity index (χ1) is 13.8. The van der Waals surface area contributed by atoms with Crippen LogP contribution in [-0.4, -0.2) is 53.7 Å². The number of rotatable bonds is 5. The van der Waals surface area contributed by atoms with Crippen molar-refractivity contribution in [1.82, 2.24) is 15.4 Å². The number of benzene rings is 1. The molecule has 0 unspecified atom stereocenters. The largest absolute Gasteiger partial charge is 0.416 e. The van der Waals surface area contributed by atoms with E-state index >= 15 is 0 Å². The van der Waals surface area contributed by atoms with Gasteiger partial charge in [0.2, 0.25) is 5.91 Å². The van der Waals surface area contributed by atoms with Gasteiger partial charge in [0.05, 0.1) is 23.5 Å². The number of hydrogen-bond acceptors (Lipinski definition) is 6. The number of fused-ring (bicyclic) bond motifs is 1. The summed E-state index contributed by atoms with van der Waals surface area (Å²) >= 11 is 0. The number of carbonyl (C=O) groups is 1. The van der Waals surface area contributed by atoms with Crippen LogP contribution in [0.5, 0.6) is 0 Å². The van der Waals surface area contributed by atoms with Crippen LogP contribution in [0.25, 0.3) is 11.0 Å². The first kappa shape index (κ1) is 20.0. The summed E-state index contributed by atoms with van der Waals surface area (Å²) in [7, 11) is 0. The lowest BCUT2D eigenvalue weighted by Gasteiger charge is -2.46. The van der Waals surface area contributed by atoms with Crippen LogP contribution >= 0.6 is 0 Å². The Kier molecular flexibility index (Phi) is 5.39. The number of halogens is 3. The van der Waals surface area contributed by atoms with Gasteiger partial charge >= 0.3 is 6.18 Å². The third kappa shape index (κ3) is 4.48. The molecule has 2 aromatic rings. The molecule has 2 heterocycles. The summed E-state index contributed by atoms with van der Waals surface area (Å²) in [5.74, 6) is -0.113. The molecule has 158 valence electrons. The minimum Gasteiger partial charge on any atom is -0.358 e. The molecule has 0 radical (unpaired) electrons. The number of likely N-dealkylation sites (tertiary alicyclic amines) is 1. The van der Waals surface area contributed by atoms with Gasteiger partial charge in [0.15, 0.2) is 11.4 Å². The van der Waals surface area contributed by atoms with E-state index in [0.717, 1.165) is 50.9 Å². The van der Waals surface area contributed by atoms with Crippen molar-refractivity contribution >= 4 is 22.7 Å². The highest BCUT2D eigenvalue weighted by atomic mass is 19.4. The standard InChI is InChI=1S/C19H24F3N5O2/c20-19(21,22)11-1-6-16-15(7-11)18(26-29-16)24-8-17(28)25-13-9-27(10-13)14-4-2-12(23)3-5-14/h1,6-7,12-14H,2-5,8-10,23H2,(H,24,26)(H,25,28). The second-order valence-electron chi connectivity index (χ2n) is 7.88. The maximum Gasteiger partial charge on any atom is 0.416 e. The SMILES string of the molecule is NC1CCC(N2CC(NC(=O)CNc3noc4ccc(C(F)(F)F)cc34)C2)CC1. The van der Waals surface area contributed by atoms with E-state index in [0.29, 0.717) is 12.1 Å². The molecule has 4 rings (SSSR count). The first-order valence-electron chi connectivity index (χ1n) is 9.79. The summed E-state index contributed by atoms with van der Waals surface area (Å²) in [6, 6.07) is 4.07.